The van der Waals surface area contributed by atoms with Crippen molar-refractivity contribution >= 4 is 5.97 Å². The fraction of sp³-hybridized carbons (Fsp3) is 0.500. The maximum absolute atomic E-state index is 9.00. The van der Waals surface area contributed by atoms with Crippen LogP contribution in [0.15, 0.2) is 24.3 Å². The van der Waals surface area contributed by atoms with Crippen molar-refractivity contribution in [1.82, 2.24) is 0 Å². The predicted molar refractivity (Wildman–Crippen MR) is 50.1 cm³/mol. The number of rotatable bonds is 0. The molecule has 0 atom stereocenters. The zero-order valence-electron chi connectivity index (χ0n) is 7.83. The predicted octanol–water partition coefficient (Wildman–Crippen LogP) is 2.76. The summed E-state index contributed by atoms with van der Waals surface area (Å²) in [5.41, 5.74) is 0. The van der Waals surface area contributed by atoms with Crippen molar-refractivity contribution in [1.29, 1.82) is 0 Å². The molecule has 3 heteroatoms. The molecular weight excluding hydrogens is 255 g/mol. The van der Waals surface area contributed by atoms with Gasteiger partial charge in [0.05, 0.1) is 0 Å². The van der Waals surface area contributed by atoms with Crippen LogP contribution in [0.5, 0.6) is 0 Å². The second-order valence-electron chi connectivity index (χ2n) is 2.62. The van der Waals surface area contributed by atoms with Crippen LogP contribution in [0.1, 0.15) is 32.6 Å². The van der Waals surface area contributed by atoms with Gasteiger partial charge in [0.15, 0.2) is 0 Å². The molecule has 2 nitrogen and oxygen atoms in total. The molecule has 1 N–H and O–H groups in total. The minimum atomic E-state index is -0.833. The Balaban J connectivity index is 0. The van der Waals surface area contributed by atoms with Crippen LogP contribution in [0.3, 0.4) is 0 Å². The summed E-state index contributed by atoms with van der Waals surface area (Å²) in [6.45, 7) is 1.08. The second-order valence-corrected chi connectivity index (χ2v) is 2.62. The van der Waals surface area contributed by atoms with Crippen molar-refractivity contribution in [2.45, 2.75) is 32.6 Å². The van der Waals surface area contributed by atoms with Gasteiger partial charge in [-0.25, -0.2) is 0 Å². The van der Waals surface area contributed by atoms with E-state index in [2.05, 4.69) is 24.3 Å². The first-order valence-corrected chi connectivity index (χ1v) is 4.23. The summed E-state index contributed by atoms with van der Waals surface area (Å²) >= 11 is 0. The number of aliphatic carboxylic acids is 1. The van der Waals surface area contributed by atoms with Crippen LogP contribution in [-0.2, 0) is 24.3 Å². The molecule has 1 radical (unpaired) electrons. The van der Waals surface area contributed by atoms with Crippen LogP contribution in [0.2, 0.25) is 0 Å². The number of carboxylic acid groups (broad SMARTS) is 1. The molecule has 77 valence electrons. The zero-order valence-corrected chi connectivity index (χ0v) is 9.47. The largest absolute Gasteiger partial charge is 0.481 e. The summed E-state index contributed by atoms with van der Waals surface area (Å²) in [6, 6.07) is 0. The third-order valence-corrected chi connectivity index (χ3v) is 1.33. The molecule has 0 amide bonds. The SMILES string of the molecule is C1=CCC/C=C\CC1.CC(=O)O.[Rh]. The Morgan fingerprint density at radius 3 is 1.31 bits per heavy atom. The molecule has 0 heterocycles. The van der Waals surface area contributed by atoms with Gasteiger partial charge in [-0.3, -0.25) is 4.79 Å². The standard InChI is InChI=1S/C8H12.C2H4O2.Rh/c1-2-4-6-8-7-5-3-1;1-2(3)4;/h1-2,7-8H,3-6H2;1H3,(H,3,4);/b2-1-,8-7?;;. The van der Waals surface area contributed by atoms with E-state index in [4.69, 9.17) is 9.90 Å². The molecule has 0 aromatic heterocycles. The van der Waals surface area contributed by atoms with E-state index < -0.39 is 5.97 Å². The van der Waals surface area contributed by atoms with Gasteiger partial charge in [0, 0.05) is 26.4 Å². The molecule has 0 fully saturated rings. The Bertz CT molecular complexity index is 144. The summed E-state index contributed by atoms with van der Waals surface area (Å²) < 4.78 is 0. The van der Waals surface area contributed by atoms with Gasteiger partial charge in [-0.1, -0.05) is 24.3 Å². The van der Waals surface area contributed by atoms with Crippen LogP contribution in [0.25, 0.3) is 0 Å². The Morgan fingerprint density at radius 2 is 1.15 bits per heavy atom. The quantitative estimate of drug-likeness (QED) is 0.543. The maximum Gasteiger partial charge on any atom is 0.300 e. The van der Waals surface area contributed by atoms with Gasteiger partial charge in [-0.2, -0.15) is 0 Å². The van der Waals surface area contributed by atoms with E-state index in [1.165, 1.54) is 25.7 Å². The third kappa shape index (κ3) is 18.5. The maximum atomic E-state index is 9.00. The van der Waals surface area contributed by atoms with Gasteiger partial charge < -0.3 is 5.11 Å². The Labute approximate surface area is 92.5 Å². The normalized spacial score (nSPS) is 16.7. The van der Waals surface area contributed by atoms with Crippen LogP contribution in [0, 0.1) is 0 Å². The molecular formula is C10H16O2Rh. The fourth-order valence-electron chi connectivity index (χ4n) is 0.856. The van der Waals surface area contributed by atoms with E-state index >= 15 is 0 Å². The molecule has 1 rings (SSSR count). The fourth-order valence-corrected chi connectivity index (χ4v) is 0.856. The van der Waals surface area contributed by atoms with Crippen molar-refractivity contribution in [3.8, 4) is 0 Å². The minimum absolute atomic E-state index is 0. The first kappa shape index (κ1) is 15.1. The van der Waals surface area contributed by atoms with E-state index in [-0.39, 0.29) is 19.5 Å². The third-order valence-electron chi connectivity index (χ3n) is 1.33. The Morgan fingerprint density at radius 1 is 1.00 bits per heavy atom. The molecule has 13 heavy (non-hydrogen) atoms. The molecule has 0 aliphatic heterocycles. The second kappa shape index (κ2) is 11.6. The van der Waals surface area contributed by atoms with Gasteiger partial charge in [-0.15, -0.1) is 0 Å². The molecule has 0 saturated carbocycles. The van der Waals surface area contributed by atoms with Gasteiger partial charge in [0.1, 0.15) is 0 Å². The van der Waals surface area contributed by atoms with Crippen molar-refractivity contribution in [3.05, 3.63) is 24.3 Å². The number of allylic oxidation sites excluding steroid dienone is 4. The summed E-state index contributed by atoms with van der Waals surface area (Å²) in [6.07, 6.45) is 14.0. The summed E-state index contributed by atoms with van der Waals surface area (Å²) in [5.74, 6) is -0.833. The average molecular weight is 271 g/mol. The number of hydrogen-bond acceptors (Lipinski definition) is 1. The summed E-state index contributed by atoms with van der Waals surface area (Å²) in [7, 11) is 0. The molecule has 0 unspecified atom stereocenters. The molecule has 0 aromatic carbocycles. The molecule has 0 bridgehead atoms. The van der Waals surface area contributed by atoms with Crippen molar-refractivity contribution < 1.29 is 29.4 Å². The molecule has 1 aliphatic carbocycles. The first-order valence-electron chi connectivity index (χ1n) is 4.23. The van der Waals surface area contributed by atoms with E-state index in [0.717, 1.165) is 6.92 Å². The van der Waals surface area contributed by atoms with E-state index in [1.807, 2.05) is 0 Å². The topological polar surface area (TPSA) is 37.3 Å². The molecule has 0 saturated heterocycles. The van der Waals surface area contributed by atoms with Crippen LogP contribution >= 0.6 is 0 Å². The molecule has 1 aliphatic rings. The van der Waals surface area contributed by atoms with Crippen LogP contribution in [-0.4, -0.2) is 11.1 Å². The average Bonchev–Trinajstić information content (AvgIpc) is 1.82. The Kier molecular flexibility index (Phi) is 13.4. The number of carboxylic acids is 1. The van der Waals surface area contributed by atoms with Gasteiger partial charge >= 0.3 is 0 Å². The van der Waals surface area contributed by atoms with Gasteiger partial charge in [0.25, 0.3) is 5.97 Å². The number of carbonyl (C=O) groups is 1. The van der Waals surface area contributed by atoms with E-state index in [9.17, 15) is 0 Å². The van der Waals surface area contributed by atoms with E-state index in [0.29, 0.717) is 0 Å². The zero-order chi connectivity index (χ0) is 9.23. The van der Waals surface area contributed by atoms with Gasteiger partial charge in [-0.05, 0) is 25.7 Å². The molecule has 0 aromatic rings. The van der Waals surface area contributed by atoms with Crippen LogP contribution < -0.4 is 0 Å². The van der Waals surface area contributed by atoms with E-state index in [1.54, 1.807) is 0 Å². The van der Waals surface area contributed by atoms with Crippen molar-refractivity contribution in [2.24, 2.45) is 0 Å². The van der Waals surface area contributed by atoms with Crippen molar-refractivity contribution in [2.75, 3.05) is 0 Å². The summed E-state index contributed by atoms with van der Waals surface area (Å²) in [5, 5.41) is 7.42. The first-order chi connectivity index (χ1) is 5.73. The molecule has 0 spiro atoms. The Hall–Kier alpha value is -0.427. The monoisotopic (exact) mass is 271 g/mol. The summed E-state index contributed by atoms with van der Waals surface area (Å²) in [4.78, 5) is 9.00. The minimum Gasteiger partial charge on any atom is -0.481 e. The van der Waals surface area contributed by atoms with Crippen molar-refractivity contribution in [3.63, 3.8) is 0 Å². The number of hydrogen-bond donors (Lipinski definition) is 1. The van der Waals surface area contributed by atoms with Gasteiger partial charge in [0.2, 0.25) is 0 Å². The van der Waals surface area contributed by atoms with Crippen LogP contribution in [0.4, 0.5) is 0 Å². The smallest absolute Gasteiger partial charge is 0.300 e.